The molecular weight excluding hydrogens is 184 g/mol. The molecule has 0 amide bonds. The second kappa shape index (κ2) is 5.31. The average molecular weight is 212 g/mol. The second-order valence-electron chi connectivity index (χ2n) is 5.89. The molecule has 0 heterocycles. The standard InChI is InChI=1S/C13H28N2/c1-5-15(11-8-6-7-9-11)12(10-14)13(2,3)4/h11-12H,5-10,14H2,1-4H3. The predicted octanol–water partition coefficient (Wildman–Crippen LogP) is 2.62. The normalized spacial score (nSPS) is 21.2. The van der Waals surface area contributed by atoms with Crippen molar-refractivity contribution in [1.29, 1.82) is 0 Å². The van der Waals surface area contributed by atoms with Crippen LogP contribution in [0.3, 0.4) is 0 Å². The van der Waals surface area contributed by atoms with E-state index in [4.69, 9.17) is 5.73 Å². The van der Waals surface area contributed by atoms with Crippen molar-refractivity contribution in [2.45, 2.75) is 65.5 Å². The van der Waals surface area contributed by atoms with Crippen LogP contribution in [-0.4, -0.2) is 30.1 Å². The quantitative estimate of drug-likeness (QED) is 0.776. The van der Waals surface area contributed by atoms with Crippen LogP contribution < -0.4 is 5.73 Å². The number of nitrogens with two attached hydrogens (primary N) is 1. The molecule has 0 spiro atoms. The van der Waals surface area contributed by atoms with E-state index in [1.165, 1.54) is 25.7 Å². The van der Waals surface area contributed by atoms with Crippen molar-refractivity contribution in [2.24, 2.45) is 11.1 Å². The van der Waals surface area contributed by atoms with Gasteiger partial charge in [-0.2, -0.15) is 0 Å². The Morgan fingerprint density at radius 3 is 2.13 bits per heavy atom. The molecule has 0 bridgehead atoms. The third-order valence-electron chi connectivity index (χ3n) is 3.78. The molecule has 1 rings (SSSR count). The molecule has 0 aromatic heterocycles. The van der Waals surface area contributed by atoms with Gasteiger partial charge in [0.05, 0.1) is 0 Å². The van der Waals surface area contributed by atoms with Gasteiger partial charge in [0, 0.05) is 18.6 Å². The van der Waals surface area contributed by atoms with Gasteiger partial charge in [0.15, 0.2) is 0 Å². The predicted molar refractivity (Wildman–Crippen MR) is 66.9 cm³/mol. The smallest absolute Gasteiger partial charge is 0.0269 e. The molecule has 1 aliphatic carbocycles. The molecule has 90 valence electrons. The molecule has 1 unspecified atom stereocenters. The van der Waals surface area contributed by atoms with Gasteiger partial charge in [-0.15, -0.1) is 0 Å². The molecular formula is C13H28N2. The zero-order valence-electron chi connectivity index (χ0n) is 10.9. The lowest BCUT2D eigenvalue weighted by Gasteiger charge is -2.42. The van der Waals surface area contributed by atoms with E-state index in [1.807, 2.05) is 0 Å². The van der Waals surface area contributed by atoms with Gasteiger partial charge in [-0.1, -0.05) is 40.5 Å². The molecule has 2 heteroatoms. The molecule has 0 saturated heterocycles. The van der Waals surface area contributed by atoms with E-state index >= 15 is 0 Å². The maximum absolute atomic E-state index is 5.96. The Morgan fingerprint density at radius 2 is 1.80 bits per heavy atom. The monoisotopic (exact) mass is 212 g/mol. The van der Waals surface area contributed by atoms with Crippen molar-refractivity contribution in [2.75, 3.05) is 13.1 Å². The summed E-state index contributed by atoms with van der Waals surface area (Å²) in [5, 5.41) is 0. The van der Waals surface area contributed by atoms with E-state index in [2.05, 4.69) is 32.6 Å². The first-order chi connectivity index (χ1) is 7.00. The van der Waals surface area contributed by atoms with Crippen molar-refractivity contribution >= 4 is 0 Å². The van der Waals surface area contributed by atoms with Gasteiger partial charge in [0.2, 0.25) is 0 Å². The molecule has 1 atom stereocenters. The molecule has 0 radical (unpaired) electrons. The minimum atomic E-state index is 0.299. The van der Waals surface area contributed by atoms with Crippen LogP contribution >= 0.6 is 0 Å². The van der Waals surface area contributed by atoms with Gasteiger partial charge in [0.1, 0.15) is 0 Å². The van der Waals surface area contributed by atoms with Crippen molar-refractivity contribution in [3.8, 4) is 0 Å². The largest absolute Gasteiger partial charge is 0.329 e. The summed E-state index contributed by atoms with van der Waals surface area (Å²) in [5.41, 5.74) is 6.26. The number of nitrogens with zero attached hydrogens (tertiary/aromatic N) is 1. The van der Waals surface area contributed by atoms with Crippen LogP contribution in [0.1, 0.15) is 53.4 Å². The molecule has 15 heavy (non-hydrogen) atoms. The zero-order chi connectivity index (χ0) is 11.5. The van der Waals surface area contributed by atoms with Gasteiger partial charge in [-0.3, -0.25) is 4.90 Å². The fourth-order valence-electron chi connectivity index (χ4n) is 2.96. The van der Waals surface area contributed by atoms with Crippen molar-refractivity contribution in [1.82, 2.24) is 4.90 Å². The first-order valence-corrected chi connectivity index (χ1v) is 6.46. The molecule has 0 aliphatic heterocycles. The van der Waals surface area contributed by atoms with Gasteiger partial charge >= 0.3 is 0 Å². The SMILES string of the molecule is CCN(C1CCCC1)C(CN)C(C)(C)C. The fraction of sp³-hybridized carbons (Fsp3) is 1.00. The summed E-state index contributed by atoms with van der Waals surface area (Å²) in [6.45, 7) is 11.1. The lowest BCUT2D eigenvalue weighted by atomic mass is 9.84. The van der Waals surface area contributed by atoms with Gasteiger partial charge in [-0.05, 0) is 24.8 Å². The highest BCUT2D eigenvalue weighted by molar-refractivity contribution is 4.89. The Labute approximate surface area is 95.2 Å². The topological polar surface area (TPSA) is 29.3 Å². The zero-order valence-corrected chi connectivity index (χ0v) is 10.9. The summed E-state index contributed by atoms with van der Waals surface area (Å²) in [5.74, 6) is 0. The van der Waals surface area contributed by atoms with Crippen molar-refractivity contribution in [3.05, 3.63) is 0 Å². The lowest BCUT2D eigenvalue weighted by Crippen LogP contribution is -2.52. The number of likely N-dealkylation sites (N-methyl/N-ethyl adjacent to an activating group) is 1. The molecule has 2 N–H and O–H groups in total. The van der Waals surface area contributed by atoms with E-state index in [1.54, 1.807) is 0 Å². The van der Waals surface area contributed by atoms with Gasteiger partial charge < -0.3 is 5.73 Å². The molecule has 1 saturated carbocycles. The summed E-state index contributed by atoms with van der Waals surface area (Å²) in [6.07, 6.45) is 5.56. The molecule has 2 nitrogen and oxygen atoms in total. The number of hydrogen-bond acceptors (Lipinski definition) is 2. The summed E-state index contributed by atoms with van der Waals surface area (Å²) in [6, 6.07) is 1.33. The highest BCUT2D eigenvalue weighted by atomic mass is 15.2. The Balaban J connectivity index is 2.69. The first kappa shape index (κ1) is 13.0. The van der Waals surface area contributed by atoms with Crippen LogP contribution in [0.5, 0.6) is 0 Å². The highest BCUT2D eigenvalue weighted by Crippen LogP contribution is 2.31. The summed E-state index contributed by atoms with van der Waals surface area (Å²) >= 11 is 0. The average Bonchev–Trinajstić information content (AvgIpc) is 2.64. The van der Waals surface area contributed by atoms with E-state index in [0.29, 0.717) is 11.5 Å². The van der Waals surface area contributed by atoms with Crippen LogP contribution in [0, 0.1) is 5.41 Å². The molecule has 0 aromatic rings. The van der Waals surface area contributed by atoms with Crippen LogP contribution in [0.4, 0.5) is 0 Å². The Morgan fingerprint density at radius 1 is 1.27 bits per heavy atom. The van der Waals surface area contributed by atoms with E-state index < -0.39 is 0 Å². The maximum atomic E-state index is 5.96. The Hall–Kier alpha value is -0.0800. The highest BCUT2D eigenvalue weighted by Gasteiger charge is 2.33. The van der Waals surface area contributed by atoms with E-state index in [0.717, 1.165) is 19.1 Å². The van der Waals surface area contributed by atoms with E-state index in [-0.39, 0.29) is 0 Å². The fourth-order valence-corrected chi connectivity index (χ4v) is 2.96. The third kappa shape index (κ3) is 3.18. The summed E-state index contributed by atoms with van der Waals surface area (Å²) in [7, 11) is 0. The van der Waals surface area contributed by atoms with Gasteiger partial charge in [-0.25, -0.2) is 0 Å². The van der Waals surface area contributed by atoms with Crippen molar-refractivity contribution in [3.63, 3.8) is 0 Å². The van der Waals surface area contributed by atoms with Crippen LogP contribution in [0.2, 0.25) is 0 Å². The number of rotatable bonds is 4. The van der Waals surface area contributed by atoms with Gasteiger partial charge in [0.25, 0.3) is 0 Å². The number of hydrogen-bond donors (Lipinski definition) is 1. The van der Waals surface area contributed by atoms with Crippen LogP contribution in [0.15, 0.2) is 0 Å². The summed E-state index contributed by atoms with van der Waals surface area (Å²) in [4.78, 5) is 2.65. The van der Waals surface area contributed by atoms with E-state index in [9.17, 15) is 0 Å². The van der Waals surface area contributed by atoms with Crippen LogP contribution in [-0.2, 0) is 0 Å². The Kier molecular flexibility index (Phi) is 4.60. The second-order valence-corrected chi connectivity index (χ2v) is 5.89. The van der Waals surface area contributed by atoms with Crippen LogP contribution in [0.25, 0.3) is 0 Å². The molecule has 1 aliphatic rings. The Bertz CT molecular complexity index is 177. The van der Waals surface area contributed by atoms with Crippen molar-refractivity contribution < 1.29 is 0 Å². The molecule has 1 fully saturated rings. The minimum absolute atomic E-state index is 0.299. The summed E-state index contributed by atoms with van der Waals surface area (Å²) < 4.78 is 0. The lowest BCUT2D eigenvalue weighted by molar-refractivity contribution is 0.0701. The first-order valence-electron chi connectivity index (χ1n) is 6.46. The maximum Gasteiger partial charge on any atom is 0.0269 e. The third-order valence-corrected chi connectivity index (χ3v) is 3.78. The molecule has 0 aromatic carbocycles. The minimum Gasteiger partial charge on any atom is -0.329 e.